The summed E-state index contributed by atoms with van der Waals surface area (Å²) in [5, 5.41) is 26.0. The lowest BCUT2D eigenvalue weighted by Gasteiger charge is -2.34. The first-order chi connectivity index (χ1) is 15.6. The highest BCUT2D eigenvalue weighted by Gasteiger charge is 2.38. The van der Waals surface area contributed by atoms with Crippen molar-refractivity contribution in [3.05, 3.63) is 40.6 Å². The highest BCUT2D eigenvalue weighted by Crippen LogP contribution is 2.32. The van der Waals surface area contributed by atoms with Gasteiger partial charge in [0.15, 0.2) is 0 Å². The molecule has 0 atom stereocenters. The first kappa shape index (κ1) is 28.3. The average molecular weight is 500 g/mol. The van der Waals surface area contributed by atoms with Crippen molar-refractivity contribution < 1.29 is 51.1 Å². The van der Waals surface area contributed by atoms with E-state index < -0.39 is 24.3 Å². The van der Waals surface area contributed by atoms with Crippen LogP contribution in [0.15, 0.2) is 30.5 Å². The molecule has 0 unspecified atom stereocenters. The highest BCUT2D eigenvalue weighted by atomic mass is 19.4. The number of carboxylic acid groups (broad SMARTS) is 2. The lowest BCUT2D eigenvalue weighted by molar-refractivity contribution is -0.383. The monoisotopic (exact) mass is 500 g/mol. The minimum Gasteiger partial charge on any atom is -0.475 e. The fourth-order valence-corrected chi connectivity index (χ4v) is 2.60. The van der Waals surface area contributed by atoms with Crippen molar-refractivity contribution in [2.24, 2.45) is 0 Å². The summed E-state index contributed by atoms with van der Waals surface area (Å²) in [4.78, 5) is 37.4. The minimum atomic E-state index is -5.08. The number of nitro groups is 1. The fourth-order valence-electron chi connectivity index (χ4n) is 2.60. The van der Waals surface area contributed by atoms with Crippen LogP contribution in [0.4, 0.5) is 37.7 Å². The number of aliphatic carboxylic acids is 2. The maximum absolute atomic E-state index is 11.1. The van der Waals surface area contributed by atoms with Gasteiger partial charge in [0.1, 0.15) is 5.52 Å². The molecule has 2 aromatic rings. The molecule has 2 N–H and O–H groups in total. The van der Waals surface area contributed by atoms with Crippen LogP contribution in [0, 0.1) is 10.1 Å². The van der Waals surface area contributed by atoms with Crippen LogP contribution in [0.3, 0.4) is 0 Å². The van der Waals surface area contributed by atoms with Crippen molar-refractivity contribution >= 4 is 34.2 Å². The van der Waals surface area contributed by atoms with E-state index in [4.69, 9.17) is 19.8 Å². The molecule has 1 fully saturated rings. The summed E-state index contributed by atoms with van der Waals surface area (Å²) in [6, 6.07) is 6.90. The topological polar surface area (TPSA) is 137 Å². The summed E-state index contributed by atoms with van der Waals surface area (Å²) in [7, 11) is 2.10. The average Bonchev–Trinajstić information content (AvgIpc) is 2.73. The summed E-state index contributed by atoms with van der Waals surface area (Å²) in [6.07, 6.45) is -8.48. The fraction of sp³-hybridized carbons (Fsp3) is 0.389. The van der Waals surface area contributed by atoms with Gasteiger partial charge in [-0.3, -0.25) is 15.1 Å². The van der Waals surface area contributed by atoms with Gasteiger partial charge in [-0.2, -0.15) is 26.3 Å². The van der Waals surface area contributed by atoms with Crippen LogP contribution in [-0.2, 0) is 9.59 Å². The number of rotatable bonds is 2. The number of pyridine rings is 1. The number of aromatic nitrogens is 1. The van der Waals surface area contributed by atoms with Crippen molar-refractivity contribution in [1.82, 2.24) is 9.88 Å². The first-order valence-electron chi connectivity index (χ1n) is 9.11. The van der Waals surface area contributed by atoms with Gasteiger partial charge in [-0.1, -0.05) is 0 Å². The third kappa shape index (κ3) is 8.34. The molecule has 10 nitrogen and oxygen atoms in total. The third-order valence-electron chi connectivity index (χ3n) is 4.25. The van der Waals surface area contributed by atoms with Gasteiger partial charge in [-0.05, 0) is 25.2 Å². The number of likely N-dealkylation sites (N-methyl/N-ethyl adjacent to an activating group) is 1. The maximum Gasteiger partial charge on any atom is 0.490 e. The van der Waals surface area contributed by atoms with Gasteiger partial charge >= 0.3 is 24.3 Å². The number of anilines is 1. The van der Waals surface area contributed by atoms with Crippen molar-refractivity contribution in [3.63, 3.8) is 0 Å². The molecule has 0 saturated carbocycles. The Hall–Kier alpha value is -3.69. The number of alkyl halides is 6. The Morgan fingerprint density at radius 3 is 1.85 bits per heavy atom. The maximum atomic E-state index is 11.1. The van der Waals surface area contributed by atoms with Crippen LogP contribution in [0.2, 0.25) is 0 Å². The number of piperazine rings is 1. The molecule has 2 heterocycles. The summed E-state index contributed by atoms with van der Waals surface area (Å²) in [5.74, 6) is -5.51. The van der Waals surface area contributed by atoms with Gasteiger partial charge in [0.05, 0.1) is 16.0 Å². The van der Waals surface area contributed by atoms with Gasteiger partial charge < -0.3 is 20.0 Å². The zero-order valence-corrected chi connectivity index (χ0v) is 17.3. The third-order valence-corrected chi connectivity index (χ3v) is 4.25. The summed E-state index contributed by atoms with van der Waals surface area (Å²) >= 11 is 0. The van der Waals surface area contributed by atoms with E-state index in [2.05, 4.69) is 21.8 Å². The second-order valence-electron chi connectivity index (χ2n) is 6.66. The molecule has 0 radical (unpaired) electrons. The number of non-ortho nitro benzene ring substituents is 1. The number of fused-ring (bicyclic) bond motifs is 1. The van der Waals surface area contributed by atoms with Crippen LogP contribution in [0.1, 0.15) is 0 Å². The Morgan fingerprint density at radius 1 is 0.971 bits per heavy atom. The van der Waals surface area contributed by atoms with Crippen molar-refractivity contribution in [2.45, 2.75) is 12.4 Å². The molecule has 1 aromatic heterocycles. The highest BCUT2D eigenvalue weighted by molar-refractivity contribution is 5.97. The van der Waals surface area contributed by atoms with E-state index in [1.807, 2.05) is 6.07 Å². The van der Waals surface area contributed by atoms with Crippen molar-refractivity contribution in [2.75, 3.05) is 38.1 Å². The number of benzene rings is 1. The van der Waals surface area contributed by atoms with Crippen LogP contribution in [-0.4, -0.2) is 82.5 Å². The molecule has 188 valence electrons. The Kier molecular flexibility index (Phi) is 9.54. The number of hydrogen-bond donors (Lipinski definition) is 2. The van der Waals surface area contributed by atoms with E-state index >= 15 is 0 Å². The van der Waals surface area contributed by atoms with Gasteiger partial charge in [-0.25, -0.2) is 9.59 Å². The number of carboxylic acids is 2. The minimum absolute atomic E-state index is 0.117. The Bertz CT molecular complexity index is 998. The number of carbonyl (C=O) groups is 2. The van der Waals surface area contributed by atoms with Crippen molar-refractivity contribution in [3.8, 4) is 0 Å². The van der Waals surface area contributed by atoms with E-state index in [0.717, 1.165) is 31.9 Å². The molecule has 34 heavy (non-hydrogen) atoms. The summed E-state index contributed by atoms with van der Waals surface area (Å²) in [5.41, 5.74) is 1.82. The number of nitro benzene ring substituents is 1. The van der Waals surface area contributed by atoms with Gasteiger partial charge in [-0.15, -0.1) is 0 Å². The molecule has 0 spiro atoms. The van der Waals surface area contributed by atoms with Crippen LogP contribution < -0.4 is 4.90 Å². The van der Waals surface area contributed by atoms with Crippen LogP contribution in [0.25, 0.3) is 10.9 Å². The van der Waals surface area contributed by atoms with E-state index in [1.165, 1.54) is 0 Å². The Labute approximate surface area is 187 Å². The Balaban J connectivity index is 0.000000343. The van der Waals surface area contributed by atoms with E-state index in [0.29, 0.717) is 10.9 Å². The molecule has 0 bridgehead atoms. The molecular weight excluding hydrogens is 482 g/mol. The number of nitrogens with zero attached hydrogens (tertiary/aromatic N) is 4. The molecule has 0 aliphatic carbocycles. The summed E-state index contributed by atoms with van der Waals surface area (Å²) in [6.45, 7) is 3.82. The molecule has 0 amide bonds. The van der Waals surface area contributed by atoms with Crippen LogP contribution >= 0.6 is 0 Å². The lowest BCUT2D eigenvalue weighted by atomic mass is 10.1. The van der Waals surface area contributed by atoms with Gasteiger partial charge in [0.2, 0.25) is 0 Å². The second kappa shape index (κ2) is 11.4. The molecule has 3 rings (SSSR count). The van der Waals surface area contributed by atoms with E-state index in [9.17, 15) is 36.5 Å². The predicted molar refractivity (Wildman–Crippen MR) is 105 cm³/mol. The zero-order valence-electron chi connectivity index (χ0n) is 17.3. The molecule has 16 heteroatoms. The number of hydrogen-bond acceptors (Lipinski definition) is 7. The Morgan fingerprint density at radius 2 is 1.44 bits per heavy atom. The summed E-state index contributed by atoms with van der Waals surface area (Å²) < 4.78 is 63.5. The van der Waals surface area contributed by atoms with Gasteiger partial charge in [0, 0.05) is 38.4 Å². The predicted octanol–water partition coefficient (Wildman–Crippen LogP) is 3.16. The second-order valence-corrected chi connectivity index (χ2v) is 6.66. The molecule has 1 aromatic carbocycles. The van der Waals surface area contributed by atoms with E-state index in [1.54, 1.807) is 24.4 Å². The molecule has 1 aliphatic rings. The lowest BCUT2D eigenvalue weighted by Crippen LogP contribution is -2.44. The smallest absolute Gasteiger partial charge is 0.475 e. The SMILES string of the molecule is CN1CCN(c2ccc([N+](=O)[O-])c3cccnc23)CC1.O=C(O)C(F)(F)F.O=C(O)C(F)(F)F. The quantitative estimate of drug-likeness (QED) is 0.362. The molecule has 1 saturated heterocycles. The number of halogens is 6. The standard InChI is InChI=1S/C14H16N4O2.2C2HF3O2/c1-16-7-9-17(10-8-16)13-5-4-12(18(19)20)11-3-2-6-15-14(11)13;2*3-2(4,5)1(6)7/h2-6H,7-10H2,1H3;2*(H,6,7). The van der Waals surface area contributed by atoms with E-state index in [-0.39, 0.29) is 10.6 Å². The largest absolute Gasteiger partial charge is 0.490 e. The normalized spacial score (nSPS) is 14.4. The molecule has 1 aliphatic heterocycles. The zero-order chi connectivity index (χ0) is 26.3. The van der Waals surface area contributed by atoms with Crippen molar-refractivity contribution in [1.29, 1.82) is 0 Å². The molecular formula is C18H18F6N4O6. The van der Waals surface area contributed by atoms with Gasteiger partial charge in [0.25, 0.3) is 5.69 Å². The first-order valence-corrected chi connectivity index (χ1v) is 9.11. The van der Waals surface area contributed by atoms with Crippen LogP contribution in [0.5, 0.6) is 0 Å².